The quantitative estimate of drug-likeness (QED) is 0.909. The van der Waals surface area contributed by atoms with Crippen LogP contribution in [0.25, 0.3) is 5.70 Å². The van der Waals surface area contributed by atoms with Crippen LogP contribution in [-0.4, -0.2) is 19.9 Å². The highest BCUT2D eigenvalue weighted by Crippen LogP contribution is 2.32. The van der Waals surface area contributed by atoms with Crippen molar-refractivity contribution in [3.63, 3.8) is 0 Å². The van der Waals surface area contributed by atoms with Gasteiger partial charge >= 0.3 is 0 Å². The molecule has 6 heteroatoms. The van der Waals surface area contributed by atoms with Crippen molar-refractivity contribution in [3.8, 4) is 0 Å². The zero-order chi connectivity index (χ0) is 14.5. The van der Waals surface area contributed by atoms with Crippen LogP contribution in [0.15, 0.2) is 36.9 Å². The molecule has 0 radical (unpaired) electrons. The minimum absolute atomic E-state index is 0.424. The molecule has 0 aliphatic rings. The summed E-state index contributed by atoms with van der Waals surface area (Å²) in [5, 5.41) is 15.6. The number of allylic oxidation sites excluding steroid dienone is 1. The van der Waals surface area contributed by atoms with Crippen LogP contribution in [-0.2, 0) is 0 Å². The molecule has 0 amide bonds. The number of benzene rings is 1. The van der Waals surface area contributed by atoms with E-state index in [-0.39, 0.29) is 0 Å². The molecule has 0 bridgehead atoms. The number of nitrogens with zero attached hydrogens (tertiary/aromatic N) is 3. The van der Waals surface area contributed by atoms with Crippen molar-refractivity contribution >= 4 is 28.9 Å². The summed E-state index contributed by atoms with van der Waals surface area (Å²) in [5.74, 6) is 0. The molecule has 20 heavy (non-hydrogen) atoms. The fourth-order valence-corrected chi connectivity index (χ4v) is 2.36. The Morgan fingerprint density at radius 3 is 2.85 bits per heavy atom. The highest BCUT2D eigenvalue weighted by molar-refractivity contribution is 6.35. The van der Waals surface area contributed by atoms with Crippen molar-refractivity contribution in [1.29, 1.82) is 0 Å². The molecule has 1 heterocycles. The first-order valence-electron chi connectivity index (χ1n) is 6.31. The van der Waals surface area contributed by atoms with Gasteiger partial charge in [-0.1, -0.05) is 48.7 Å². The van der Waals surface area contributed by atoms with E-state index in [0.29, 0.717) is 21.3 Å². The van der Waals surface area contributed by atoms with Crippen molar-refractivity contribution in [1.82, 2.24) is 14.8 Å². The van der Waals surface area contributed by atoms with E-state index in [9.17, 15) is 5.11 Å². The van der Waals surface area contributed by atoms with Crippen molar-refractivity contribution in [2.75, 3.05) is 0 Å². The van der Waals surface area contributed by atoms with Gasteiger partial charge in [-0.3, -0.25) is 0 Å². The fourth-order valence-electron chi connectivity index (χ4n) is 1.85. The topological polar surface area (TPSA) is 50.9 Å². The summed E-state index contributed by atoms with van der Waals surface area (Å²) in [4.78, 5) is 3.91. The van der Waals surface area contributed by atoms with E-state index in [1.54, 1.807) is 29.2 Å². The van der Waals surface area contributed by atoms with Crippen LogP contribution in [0.5, 0.6) is 0 Å². The third kappa shape index (κ3) is 3.39. The average Bonchev–Trinajstić information content (AvgIpc) is 2.93. The van der Waals surface area contributed by atoms with E-state index in [2.05, 4.69) is 17.0 Å². The first-order valence-corrected chi connectivity index (χ1v) is 7.07. The Kier molecular flexibility index (Phi) is 5.17. The van der Waals surface area contributed by atoms with E-state index in [1.165, 1.54) is 6.33 Å². The fraction of sp³-hybridized carbons (Fsp3) is 0.286. The zero-order valence-corrected chi connectivity index (χ0v) is 12.5. The molecule has 0 fully saturated rings. The van der Waals surface area contributed by atoms with Gasteiger partial charge in [-0.05, 0) is 18.6 Å². The lowest BCUT2D eigenvalue weighted by Gasteiger charge is -2.17. The van der Waals surface area contributed by atoms with Crippen LogP contribution in [0.4, 0.5) is 0 Å². The maximum atomic E-state index is 10.6. The SMILES string of the molecule is CCCC=C(C(O)c1ccc(Cl)cc1Cl)n1cncn1. The Morgan fingerprint density at radius 1 is 1.45 bits per heavy atom. The Balaban J connectivity index is 2.38. The Bertz CT molecular complexity index is 596. The summed E-state index contributed by atoms with van der Waals surface area (Å²) >= 11 is 12.0. The Morgan fingerprint density at radius 2 is 2.25 bits per heavy atom. The number of aromatic nitrogens is 3. The molecule has 2 aromatic rings. The summed E-state index contributed by atoms with van der Waals surface area (Å²) in [6.45, 7) is 2.07. The maximum absolute atomic E-state index is 10.6. The molecule has 0 aliphatic carbocycles. The van der Waals surface area contributed by atoms with Crippen LogP contribution in [0.3, 0.4) is 0 Å². The van der Waals surface area contributed by atoms with Crippen LogP contribution in [0, 0.1) is 0 Å². The van der Waals surface area contributed by atoms with Crippen molar-refractivity contribution in [3.05, 3.63) is 52.5 Å². The van der Waals surface area contributed by atoms with Gasteiger partial charge in [0, 0.05) is 15.6 Å². The first kappa shape index (κ1) is 15.0. The molecule has 106 valence electrons. The monoisotopic (exact) mass is 311 g/mol. The number of aliphatic hydroxyl groups is 1. The summed E-state index contributed by atoms with van der Waals surface area (Å²) in [6, 6.07) is 5.03. The molecule has 0 spiro atoms. The van der Waals surface area contributed by atoms with Gasteiger partial charge in [-0.25, -0.2) is 9.67 Å². The lowest BCUT2D eigenvalue weighted by molar-refractivity contribution is 0.230. The van der Waals surface area contributed by atoms with E-state index in [4.69, 9.17) is 23.2 Å². The number of aliphatic hydroxyl groups excluding tert-OH is 1. The normalized spacial score (nSPS) is 13.5. The molecule has 1 atom stereocenters. The van der Waals surface area contributed by atoms with Crippen LogP contribution >= 0.6 is 23.2 Å². The molecule has 0 saturated carbocycles. The average molecular weight is 312 g/mol. The van der Waals surface area contributed by atoms with E-state index < -0.39 is 6.10 Å². The van der Waals surface area contributed by atoms with Crippen molar-refractivity contribution in [2.24, 2.45) is 0 Å². The predicted octanol–water partition coefficient (Wildman–Crippen LogP) is 3.96. The molecule has 1 aromatic carbocycles. The lowest BCUT2D eigenvalue weighted by atomic mass is 10.1. The van der Waals surface area contributed by atoms with Gasteiger partial charge in [0.2, 0.25) is 0 Å². The summed E-state index contributed by atoms with van der Waals surface area (Å²) < 4.78 is 1.55. The first-order chi connectivity index (χ1) is 9.63. The molecule has 2 rings (SSSR count). The highest BCUT2D eigenvalue weighted by atomic mass is 35.5. The zero-order valence-electron chi connectivity index (χ0n) is 11.0. The van der Waals surface area contributed by atoms with Gasteiger partial charge in [0.15, 0.2) is 0 Å². The Labute approximate surface area is 127 Å². The van der Waals surface area contributed by atoms with Gasteiger partial charge in [0.1, 0.15) is 18.8 Å². The van der Waals surface area contributed by atoms with Crippen LogP contribution in [0.2, 0.25) is 10.0 Å². The second-order valence-electron chi connectivity index (χ2n) is 4.33. The third-order valence-corrected chi connectivity index (χ3v) is 3.43. The highest BCUT2D eigenvalue weighted by Gasteiger charge is 2.18. The minimum Gasteiger partial charge on any atom is -0.382 e. The maximum Gasteiger partial charge on any atom is 0.138 e. The summed E-state index contributed by atoms with van der Waals surface area (Å²) in [6.07, 6.45) is 5.83. The molecule has 4 nitrogen and oxygen atoms in total. The molecular weight excluding hydrogens is 297 g/mol. The predicted molar refractivity (Wildman–Crippen MR) is 80.6 cm³/mol. The van der Waals surface area contributed by atoms with Gasteiger partial charge in [0.25, 0.3) is 0 Å². The Hall–Kier alpha value is -1.36. The van der Waals surface area contributed by atoms with Crippen LogP contribution < -0.4 is 0 Å². The van der Waals surface area contributed by atoms with Gasteiger partial charge < -0.3 is 5.11 Å². The van der Waals surface area contributed by atoms with Gasteiger partial charge in [0.05, 0.1) is 5.70 Å². The van der Waals surface area contributed by atoms with Gasteiger partial charge in [-0.2, -0.15) is 5.10 Å². The van der Waals surface area contributed by atoms with Gasteiger partial charge in [-0.15, -0.1) is 0 Å². The largest absolute Gasteiger partial charge is 0.382 e. The number of rotatable bonds is 5. The second kappa shape index (κ2) is 6.88. The summed E-state index contributed by atoms with van der Waals surface area (Å²) in [7, 11) is 0. The van der Waals surface area contributed by atoms with Crippen LogP contribution in [0.1, 0.15) is 31.4 Å². The van der Waals surface area contributed by atoms with E-state index in [1.807, 2.05) is 6.08 Å². The molecule has 1 unspecified atom stereocenters. The van der Waals surface area contributed by atoms with Crippen molar-refractivity contribution in [2.45, 2.75) is 25.9 Å². The number of unbranched alkanes of at least 4 members (excludes halogenated alkanes) is 1. The number of halogens is 2. The van der Waals surface area contributed by atoms with Crippen molar-refractivity contribution < 1.29 is 5.11 Å². The van der Waals surface area contributed by atoms with E-state index >= 15 is 0 Å². The molecular formula is C14H15Cl2N3O. The minimum atomic E-state index is -0.881. The molecule has 0 saturated heterocycles. The molecule has 1 aromatic heterocycles. The number of hydrogen-bond acceptors (Lipinski definition) is 3. The van der Waals surface area contributed by atoms with E-state index in [0.717, 1.165) is 12.8 Å². The third-order valence-electron chi connectivity index (χ3n) is 2.86. The lowest BCUT2D eigenvalue weighted by Crippen LogP contribution is -2.09. The summed E-state index contributed by atoms with van der Waals surface area (Å²) in [5.41, 5.74) is 1.22. The number of hydrogen-bond donors (Lipinski definition) is 1. The molecule has 0 aliphatic heterocycles. The smallest absolute Gasteiger partial charge is 0.138 e. The molecule has 1 N–H and O–H groups in total. The standard InChI is InChI=1S/C14H15Cl2N3O/c1-2-3-4-13(19-9-17-8-18-19)14(20)11-6-5-10(15)7-12(11)16/h4-9,14,20H,2-3H2,1H3. The second-order valence-corrected chi connectivity index (χ2v) is 5.17.